The van der Waals surface area contributed by atoms with Gasteiger partial charge in [0.15, 0.2) is 0 Å². The van der Waals surface area contributed by atoms with Crippen molar-refractivity contribution in [1.29, 1.82) is 0 Å². The van der Waals surface area contributed by atoms with E-state index in [4.69, 9.17) is 5.11 Å². The first-order valence-corrected chi connectivity index (χ1v) is 6.21. The molecule has 6 heteroatoms. The molecular weight excluding hydrogens is 248 g/mol. The molecule has 1 saturated heterocycles. The molecule has 2 heterocycles. The van der Waals surface area contributed by atoms with Gasteiger partial charge >= 0.3 is 5.97 Å². The summed E-state index contributed by atoms with van der Waals surface area (Å²) >= 11 is 0. The summed E-state index contributed by atoms with van der Waals surface area (Å²) in [5.74, 6) is -0.786. The number of likely N-dealkylation sites (tertiary alicyclic amines) is 1. The normalized spacial score (nSPS) is 15.1. The fourth-order valence-electron chi connectivity index (χ4n) is 2.17. The molecule has 0 bridgehead atoms. The van der Waals surface area contributed by atoms with Crippen LogP contribution in [0.25, 0.3) is 0 Å². The maximum absolute atomic E-state index is 11.8. The van der Waals surface area contributed by atoms with Crippen molar-refractivity contribution >= 4 is 11.9 Å². The first-order valence-electron chi connectivity index (χ1n) is 6.21. The molecule has 0 unspecified atom stereocenters. The van der Waals surface area contributed by atoms with Crippen molar-refractivity contribution in [3.05, 3.63) is 34.7 Å². The lowest BCUT2D eigenvalue weighted by Crippen LogP contribution is -2.50. The van der Waals surface area contributed by atoms with Crippen molar-refractivity contribution in [2.45, 2.75) is 19.4 Å². The van der Waals surface area contributed by atoms with Crippen LogP contribution in [0.2, 0.25) is 0 Å². The van der Waals surface area contributed by atoms with Crippen LogP contribution in [-0.4, -0.2) is 39.5 Å². The lowest BCUT2D eigenvalue weighted by Gasteiger charge is -2.38. The number of carbonyl (C=O) groups is 2. The maximum atomic E-state index is 11.8. The summed E-state index contributed by atoms with van der Waals surface area (Å²) in [5, 5.41) is 8.61. The topological polar surface area (TPSA) is 79.6 Å². The largest absolute Gasteiger partial charge is 0.481 e. The Morgan fingerprint density at radius 3 is 2.68 bits per heavy atom. The van der Waals surface area contributed by atoms with Gasteiger partial charge in [-0.2, -0.15) is 0 Å². The van der Waals surface area contributed by atoms with Crippen molar-refractivity contribution < 1.29 is 14.7 Å². The van der Waals surface area contributed by atoms with Crippen LogP contribution >= 0.6 is 0 Å². The zero-order chi connectivity index (χ0) is 13.8. The molecule has 1 aliphatic rings. The quantitative estimate of drug-likeness (QED) is 0.822. The number of carboxylic acids is 1. The Labute approximate surface area is 110 Å². The molecule has 19 heavy (non-hydrogen) atoms. The van der Waals surface area contributed by atoms with Gasteiger partial charge in [-0.05, 0) is 6.07 Å². The van der Waals surface area contributed by atoms with Crippen LogP contribution in [0.1, 0.15) is 12.8 Å². The maximum Gasteiger partial charge on any atom is 0.303 e. The average molecular weight is 264 g/mol. The summed E-state index contributed by atoms with van der Waals surface area (Å²) in [6.45, 7) is 1.38. The first kappa shape index (κ1) is 13.3. The number of aromatic nitrogens is 1. The third-order valence-corrected chi connectivity index (χ3v) is 3.24. The summed E-state index contributed by atoms with van der Waals surface area (Å²) < 4.78 is 1.49. The number of pyridine rings is 1. The molecule has 1 aromatic rings. The SMILES string of the molecule is O=C(O)CC1CN(C(=O)CCn2ccccc2=O)C1. The Hall–Kier alpha value is -2.11. The van der Waals surface area contributed by atoms with Crippen molar-refractivity contribution in [1.82, 2.24) is 9.47 Å². The molecule has 1 aromatic heterocycles. The van der Waals surface area contributed by atoms with Crippen LogP contribution < -0.4 is 5.56 Å². The van der Waals surface area contributed by atoms with Crippen molar-refractivity contribution in [2.75, 3.05) is 13.1 Å². The van der Waals surface area contributed by atoms with E-state index < -0.39 is 5.97 Å². The van der Waals surface area contributed by atoms with Gasteiger partial charge in [0.05, 0.1) is 6.42 Å². The Morgan fingerprint density at radius 2 is 2.05 bits per heavy atom. The minimum Gasteiger partial charge on any atom is -0.481 e. The number of carbonyl (C=O) groups excluding carboxylic acids is 1. The second kappa shape index (κ2) is 5.69. The minimum atomic E-state index is -0.826. The van der Waals surface area contributed by atoms with E-state index in [1.54, 1.807) is 23.2 Å². The van der Waals surface area contributed by atoms with Gasteiger partial charge in [-0.15, -0.1) is 0 Å². The number of amides is 1. The molecule has 0 radical (unpaired) electrons. The third kappa shape index (κ3) is 3.43. The summed E-state index contributed by atoms with van der Waals surface area (Å²) in [6, 6.07) is 4.86. The van der Waals surface area contributed by atoms with Crippen molar-refractivity contribution in [3.63, 3.8) is 0 Å². The lowest BCUT2D eigenvalue weighted by molar-refractivity contribution is -0.145. The fraction of sp³-hybridized carbons (Fsp3) is 0.462. The highest BCUT2D eigenvalue weighted by atomic mass is 16.4. The predicted octanol–water partition coefficient (Wildman–Crippen LogP) is 0.171. The summed E-state index contributed by atoms with van der Waals surface area (Å²) in [7, 11) is 0. The molecule has 2 rings (SSSR count). The van der Waals surface area contributed by atoms with E-state index in [9.17, 15) is 14.4 Å². The number of hydrogen-bond acceptors (Lipinski definition) is 3. The van der Waals surface area contributed by atoms with E-state index in [2.05, 4.69) is 0 Å². The molecule has 0 atom stereocenters. The monoisotopic (exact) mass is 264 g/mol. The molecule has 6 nitrogen and oxygen atoms in total. The molecule has 102 valence electrons. The van der Waals surface area contributed by atoms with Crippen LogP contribution in [0.15, 0.2) is 29.2 Å². The fourth-order valence-corrected chi connectivity index (χ4v) is 2.17. The Balaban J connectivity index is 1.76. The summed E-state index contributed by atoms with van der Waals surface area (Å²) in [6.07, 6.45) is 2.03. The summed E-state index contributed by atoms with van der Waals surface area (Å²) in [5.41, 5.74) is -0.123. The Morgan fingerprint density at radius 1 is 1.32 bits per heavy atom. The Bertz CT molecular complexity index is 531. The second-order valence-electron chi connectivity index (χ2n) is 4.74. The van der Waals surface area contributed by atoms with E-state index in [0.29, 0.717) is 19.6 Å². The standard InChI is InChI=1S/C13H16N2O4/c16-11-3-1-2-5-14(11)6-4-12(17)15-8-10(9-15)7-13(18)19/h1-3,5,10H,4,6-9H2,(H,18,19). The second-order valence-corrected chi connectivity index (χ2v) is 4.74. The van der Waals surface area contributed by atoms with Gasteiger partial charge in [0.2, 0.25) is 5.91 Å². The van der Waals surface area contributed by atoms with Gasteiger partial charge in [0.1, 0.15) is 0 Å². The van der Waals surface area contributed by atoms with Crippen molar-refractivity contribution in [2.24, 2.45) is 5.92 Å². The number of aryl methyl sites for hydroxylation is 1. The van der Waals surface area contributed by atoms with Crippen LogP contribution in [0.5, 0.6) is 0 Å². The van der Waals surface area contributed by atoms with Gasteiger partial charge in [0.25, 0.3) is 5.56 Å². The smallest absolute Gasteiger partial charge is 0.303 e. The molecule has 1 amide bonds. The van der Waals surface area contributed by atoms with Crippen molar-refractivity contribution in [3.8, 4) is 0 Å². The van der Waals surface area contributed by atoms with E-state index in [1.165, 1.54) is 10.6 Å². The van der Waals surface area contributed by atoms with Crippen LogP contribution in [0, 0.1) is 5.92 Å². The minimum absolute atomic E-state index is 0.0302. The predicted molar refractivity (Wildman–Crippen MR) is 67.6 cm³/mol. The zero-order valence-corrected chi connectivity index (χ0v) is 10.5. The average Bonchev–Trinajstić information content (AvgIpc) is 2.31. The molecule has 0 aliphatic carbocycles. The van der Waals surface area contributed by atoms with Crippen LogP contribution in [0.4, 0.5) is 0 Å². The van der Waals surface area contributed by atoms with E-state index >= 15 is 0 Å². The molecule has 0 aromatic carbocycles. The van der Waals surface area contributed by atoms with Crippen LogP contribution in [-0.2, 0) is 16.1 Å². The molecule has 0 saturated carbocycles. The first-order chi connectivity index (χ1) is 9.06. The van der Waals surface area contributed by atoms with Gasteiger partial charge < -0.3 is 14.6 Å². The number of aliphatic carboxylic acids is 1. The van der Waals surface area contributed by atoms with E-state index in [1.807, 2.05) is 0 Å². The lowest BCUT2D eigenvalue weighted by atomic mass is 9.96. The van der Waals surface area contributed by atoms with E-state index in [0.717, 1.165) is 0 Å². The highest BCUT2D eigenvalue weighted by molar-refractivity contribution is 5.77. The molecule has 1 N–H and O–H groups in total. The Kier molecular flexibility index (Phi) is 3.99. The number of hydrogen-bond donors (Lipinski definition) is 1. The van der Waals surface area contributed by atoms with Gasteiger partial charge in [-0.25, -0.2) is 0 Å². The third-order valence-electron chi connectivity index (χ3n) is 3.24. The van der Waals surface area contributed by atoms with Gasteiger partial charge in [-0.3, -0.25) is 14.4 Å². The number of nitrogens with zero attached hydrogens (tertiary/aromatic N) is 2. The highest BCUT2D eigenvalue weighted by Crippen LogP contribution is 2.19. The molecular formula is C13H16N2O4. The number of rotatable bonds is 5. The van der Waals surface area contributed by atoms with E-state index in [-0.39, 0.29) is 30.2 Å². The molecule has 1 fully saturated rings. The summed E-state index contributed by atoms with van der Waals surface area (Å²) in [4.78, 5) is 35.4. The van der Waals surface area contributed by atoms with Gasteiger partial charge in [-0.1, -0.05) is 6.07 Å². The van der Waals surface area contributed by atoms with Gasteiger partial charge in [0, 0.05) is 44.2 Å². The highest BCUT2D eigenvalue weighted by Gasteiger charge is 2.31. The number of carboxylic acid groups (broad SMARTS) is 1. The van der Waals surface area contributed by atoms with Crippen LogP contribution in [0.3, 0.4) is 0 Å². The molecule has 0 spiro atoms. The molecule has 1 aliphatic heterocycles. The zero-order valence-electron chi connectivity index (χ0n) is 10.5.